The molecular weight excluding hydrogens is 239 g/mol. The lowest BCUT2D eigenvalue weighted by Gasteiger charge is -2.23. The molecule has 1 rings (SSSR count). The van der Waals surface area contributed by atoms with Crippen molar-refractivity contribution in [2.24, 2.45) is 5.92 Å². The summed E-state index contributed by atoms with van der Waals surface area (Å²) in [7, 11) is -3.07. The molecule has 4 nitrogen and oxygen atoms in total. The van der Waals surface area contributed by atoms with Gasteiger partial charge in [-0.25, -0.2) is 0 Å². The predicted octanol–water partition coefficient (Wildman–Crippen LogP) is 3.19. The van der Waals surface area contributed by atoms with Crippen molar-refractivity contribution in [1.29, 1.82) is 0 Å². The van der Waals surface area contributed by atoms with Gasteiger partial charge in [-0.15, -0.1) is 0 Å². The SMILES string of the molecule is CC(C)OP(=O)(CC[C@]1(O)C[C@@H]1C)OC(C)C. The highest BCUT2D eigenvalue weighted by atomic mass is 31.2. The minimum Gasteiger partial charge on any atom is -0.390 e. The van der Waals surface area contributed by atoms with Crippen molar-refractivity contribution < 1.29 is 18.7 Å². The van der Waals surface area contributed by atoms with Crippen LogP contribution in [0.3, 0.4) is 0 Å². The summed E-state index contributed by atoms with van der Waals surface area (Å²) in [4.78, 5) is 0. The van der Waals surface area contributed by atoms with Crippen molar-refractivity contribution in [1.82, 2.24) is 0 Å². The summed E-state index contributed by atoms with van der Waals surface area (Å²) >= 11 is 0. The van der Waals surface area contributed by atoms with Crippen LogP contribution in [-0.2, 0) is 13.6 Å². The van der Waals surface area contributed by atoms with Gasteiger partial charge in [0.1, 0.15) is 0 Å². The van der Waals surface area contributed by atoms with Crippen LogP contribution >= 0.6 is 7.60 Å². The normalized spacial score (nSPS) is 29.1. The average molecular weight is 264 g/mol. The first-order chi connectivity index (χ1) is 7.67. The fourth-order valence-corrected chi connectivity index (χ4v) is 4.13. The Labute approximate surface area is 104 Å². The van der Waals surface area contributed by atoms with E-state index in [-0.39, 0.29) is 12.2 Å². The molecule has 0 bridgehead atoms. The molecule has 0 aromatic carbocycles. The molecule has 1 saturated carbocycles. The van der Waals surface area contributed by atoms with Crippen LogP contribution in [0, 0.1) is 5.92 Å². The van der Waals surface area contributed by atoms with Crippen LogP contribution in [0.4, 0.5) is 0 Å². The van der Waals surface area contributed by atoms with Crippen molar-refractivity contribution in [3.05, 3.63) is 0 Å². The molecule has 0 radical (unpaired) electrons. The Morgan fingerprint density at radius 3 is 2.00 bits per heavy atom. The second kappa shape index (κ2) is 5.40. The van der Waals surface area contributed by atoms with Crippen LogP contribution in [-0.4, -0.2) is 29.1 Å². The molecule has 0 spiro atoms. The summed E-state index contributed by atoms with van der Waals surface area (Å²) in [5.41, 5.74) is -0.643. The van der Waals surface area contributed by atoms with Crippen LogP contribution in [0.5, 0.6) is 0 Å². The topological polar surface area (TPSA) is 55.8 Å². The third kappa shape index (κ3) is 4.70. The number of hydrogen-bond acceptors (Lipinski definition) is 4. The molecule has 0 aromatic heterocycles. The Morgan fingerprint density at radius 1 is 1.29 bits per heavy atom. The van der Waals surface area contributed by atoms with E-state index in [4.69, 9.17) is 9.05 Å². The van der Waals surface area contributed by atoms with E-state index in [2.05, 4.69) is 0 Å². The van der Waals surface area contributed by atoms with Crippen LogP contribution in [0.25, 0.3) is 0 Å². The predicted molar refractivity (Wildman–Crippen MR) is 68.3 cm³/mol. The first-order valence-corrected chi connectivity index (χ1v) is 8.08. The average Bonchev–Trinajstić information content (AvgIpc) is 2.69. The molecule has 2 atom stereocenters. The van der Waals surface area contributed by atoms with E-state index in [1.54, 1.807) is 0 Å². The van der Waals surface area contributed by atoms with Gasteiger partial charge in [0.25, 0.3) is 0 Å². The summed E-state index contributed by atoms with van der Waals surface area (Å²) in [6.45, 7) is 9.35. The summed E-state index contributed by atoms with van der Waals surface area (Å²) in [5.74, 6) is 0.300. The van der Waals surface area contributed by atoms with Crippen molar-refractivity contribution in [2.45, 2.75) is 65.3 Å². The lowest BCUT2D eigenvalue weighted by molar-refractivity contribution is 0.115. The maximum Gasteiger partial charge on any atom is 0.331 e. The smallest absolute Gasteiger partial charge is 0.331 e. The Balaban J connectivity index is 2.54. The van der Waals surface area contributed by atoms with Crippen LogP contribution < -0.4 is 0 Å². The first-order valence-electron chi connectivity index (χ1n) is 6.35. The molecule has 102 valence electrons. The van der Waals surface area contributed by atoms with Crippen LogP contribution in [0.1, 0.15) is 47.5 Å². The van der Waals surface area contributed by atoms with Gasteiger partial charge in [-0.3, -0.25) is 4.57 Å². The molecule has 0 amide bonds. The Hall–Kier alpha value is 0.110. The minimum atomic E-state index is -3.07. The van der Waals surface area contributed by atoms with Gasteiger partial charge < -0.3 is 14.2 Å². The highest BCUT2D eigenvalue weighted by molar-refractivity contribution is 7.53. The molecular formula is C12H25O4P. The van der Waals surface area contributed by atoms with E-state index in [0.717, 1.165) is 6.42 Å². The minimum absolute atomic E-state index is 0.133. The Kier molecular flexibility index (Phi) is 4.81. The molecule has 0 saturated heterocycles. The molecule has 0 aliphatic heterocycles. The molecule has 1 fully saturated rings. The standard InChI is InChI=1S/C12H25O4P/c1-9(2)15-17(14,16-10(3)4)7-6-12(13)8-11(12)5/h9-11,13H,6-8H2,1-5H3/t11-,12-/m0/s1. The number of hydrogen-bond donors (Lipinski definition) is 1. The van der Waals surface area contributed by atoms with E-state index in [0.29, 0.717) is 18.5 Å². The van der Waals surface area contributed by atoms with Gasteiger partial charge in [-0.05, 0) is 46.5 Å². The van der Waals surface area contributed by atoms with Crippen molar-refractivity contribution in [3.63, 3.8) is 0 Å². The molecule has 1 aliphatic carbocycles. The quantitative estimate of drug-likeness (QED) is 0.717. The van der Waals surface area contributed by atoms with Gasteiger partial charge >= 0.3 is 7.60 Å². The second-order valence-electron chi connectivity index (χ2n) is 5.60. The van der Waals surface area contributed by atoms with E-state index in [1.165, 1.54) is 0 Å². The fraction of sp³-hybridized carbons (Fsp3) is 1.00. The maximum absolute atomic E-state index is 12.5. The first kappa shape index (κ1) is 15.2. The molecule has 0 unspecified atom stereocenters. The van der Waals surface area contributed by atoms with Crippen molar-refractivity contribution in [3.8, 4) is 0 Å². The van der Waals surface area contributed by atoms with Gasteiger partial charge in [-0.2, -0.15) is 0 Å². The second-order valence-corrected chi connectivity index (χ2v) is 7.69. The molecule has 0 heterocycles. The van der Waals surface area contributed by atoms with Gasteiger partial charge in [0, 0.05) is 0 Å². The Morgan fingerprint density at radius 2 is 1.71 bits per heavy atom. The van der Waals surface area contributed by atoms with E-state index < -0.39 is 13.2 Å². The summed E-state index contributed by atoms with van der Waals surface area (Å²) < 4.78 is 23.3. The maximum atomic E-state index is 12.5. The summed E-state index contributed by atoms with van der Waals surface area (Å²) in [5, 5.41) is 10.00. The zero-order chi connectivity index (χ0) is 13.3. The van der Waals surface area contributed by atoms with Gasteiger partial charge in [-0.1, -0.05) is 6.92 Å². The van der Waals surface area contributed by atoms with E-state index >= 15 is 0 Å². The third-order valence-electron chi connectivity index (χ3n) is 2.98. The van der Waals surface area contributed by atoms with E-state index in [1.807, 2.05) is 34.6 Å². The molecule has 0 aromatic rings. The lowest BCUT2D eigenvalue weighted by atomic mass is 10.2. The van der Waals surface area contributed by atoms with Crippen molar-refractivity contribution in [2.75, 3.05) is 6.16 Å². The lowest BCUT2D eigenvalue weighted by Crippen LogP contribution is -2.16. The summed E-state index contributed by atoms with van der Waals surface area (Å²) in [6.07, 6.45) is 1.31. The third-order valence-corrected chi connectivity index (χ3v) is 5.24. The van der Waals surface area contributed by atoms with Gasteiger partial charge in [0.15, 0.2) is 0 Å². The zero-order valence-corrected chi connectivity index (χ0v) is 12.4. The molecule has 1 N–H and O–H groups in total. The highest BCUT2D eigenvalue weighted by Crippen LogP contribution is 2.55. The highest BCUT2D eigenvalue weighted by Gasteiger charge is 2.50. The van der Waals surface area contributed by atoms with Crippen LogP contribution in [0.2, 0.25) is 0 Å². The van der Waals surface area contributed by atoms with Crippen molar-refractivity contribution >= 4 is 7.60 Å². The van der Waals surface area contributed by atoms with E-state index in [9.17, 15) is 9.67 Å². The zero-order valence-electron chi connectivity index (χ0n) is 11.5. The molecule has 17 heavy (non-hydrogen) atoms. The number of aliphatic hydroxyl groups is 1. The number of rotatable bonds is 7. The largest absolute Gasteiger partial charge is 0.390 e. The van der Waals surface area contributed by atoms with Crippen LogP contribution in [0.15, 0.2) is 0 Å². The van der Waals surface area contributed by atoms with Gasteiger partial charge in [0.05, 0.1) is 24.0 Å². The molecule has 1 aliphatic rings. The van der Waals surface area contributed by atoms with Gasteiger partial charge in [0.2, 0.25) is 0 Å². The Bertz CT molecular complexity index is 289. The monoisotopic (exact) mass is 264 g/mol. The molecule has 5 heteroatoms. The summed E-state index contributed by atoms with van der Waals surface area (Å²) in [6, 6.07) is 0. The fourth-order valence-electron chi connectivity index (χ4n) is 1.92.